The minimum atomic E-state index is -0.741. The van der Waals surface area contributed by atoms with Gasteiger partial charge in [0.25, 0.3) is 11.8 Å². The molecule has 0 saturated carbocycles. The van der Waals surface area contributed by atoms with Gasteiger partial charge in [-0.25, -0.2) is 4.79 Å². The lowest BCUT2D eigenvalue weighted by Crippen LogP contribution is -2.32. The maximum absolute atomic E-state index is 12.5. The molecule has 1 aliphatic carbocycles. The molecule has 0 radical (unpaired) electrons. The third-order valence-electron chi connectivity index (χ3n) is 5.04. The molecule has 2 amide bonds. The molecule has 2 N–H and O–H groups in total. The molecule has 32 heavy (non-hydrogen) atoms. The average molecular weight is 459 g/mol. The van der Waals surface area contributed by atoms with E-state index in [9.17, 15) is 19.2 Å². The highest BCUT2D eigenvalue weighted by Gasteiger charge is 2.29. The van der Waals surface area contributed by atoms with Gasteiger partial charge < -0.3 is 20.1 Å². The van der Waals surface area contributed by atoms with Crippen LogP contribution in [-0.4, -0.2) is 43.5 Å². The lowest BCUT2D eigenvalue weighted by molar-refractivity contribution is -0.146. The molecule has 0 unspecified atom stereocenters. The van der Waals surface area contributed by atoms with Crippen molar-refractivity contribution in [2.75, 3.05) is 25.1 Å². The van der Waals surface area contributed by atoms with Crippen LogP contribution in [0.1, 0.15) is 51.4 Å². The van der Waals surface area contributed by atoms with Gasteiger partial charge in [-0.05, 0) is 49.8 Å². The number of thiophene rings is 1. The smallest absolute Gasteiger partial charge is 0.341 e. The Hall–Kier alpha value is -3.20. The van der Waals surface area contributed by atoms with Gasteiger partial charge in [0.05, 0.1) is 12.2 Å². The van der Waals surface area contributed by atoms with Gasteiger partial charge in [-0.2, -0.15) is 0 Å². The molecule has 1 aromatic carbocycles. The monoisotopic (exact) mass is 458 g/mol. The Balaban J connectivity index is 1.56. The number of esters is 2. The summed E-state index contributed by atoms with van der Waals surface area (Å²) in [7, 11) is 0. The van der Waals surface area contributed by atoms with Crippen LogP contribution >= 0.6 is 11.3 Å². The van der Waals surface area contributed by atoms with E-state index in [2.05, 4.69) is 17.6 Å². The molecular weight excluding hydrogens is 432 g/mol. The summed E-state index contributed by atoms with van der Waals surface area (Å²) in [6, 6.07) is 8.45. The number of ether oxygens (including phenoxy) is 2. The van der Waals surface area contributed by atoms with E-state index < -0.39 is 30.4 Å². The van der Waals surface area contributed by atoms with Gasteiger partial charge in [0.2, 0.25) is 0 Å². The topological polar surface area (TPSA) is 111 Å². The van der Waals surface area contributed by atoms with Crippen molar-refractivity contribution < 1.29 is 28.7 Å². The molecule has 2 aromatic rings. The lowest BCUT2D eigenvalue weighted by atomic mass is 9.88. The number of benzene rings is 1. The highest BCUT2D eigenvalue weighted by molar-refractivity contribution is 7.17. The second-order valence-electron chi connectivity index (χ2n) is 7.53. The summed E-state index contributed by atoms with van der Waals surface area (Å²) in [5, 5.41) is 5.54. The second kappa shape index (κ2) is 10.9. The fraction of sp³-hybridized carbons (Fsp3) is 0.391. The molecule has 9 heteroatoms. The number of anilines is 1. The number of hydrogen-bond donors (Lipinski definition) is 2. The summed E-state index contributed by atoms with van der Waals surface area (Å²) in [5.41, 5.74) is 1.75. The van der Waals surface area contributed by atoms with Crippen molar-refractivity contribution in [2.45, 2.75) is 33.1 Å². The molecule has 1 atom stereocenters. The highest BCUT2D eigenvalue weighted by atomic mass is 32.1. The Labute approximate surface area is 190 Å². The van der Waals surface area contributed by atoms with Crippen LogP contribution in [0.15, 0.2) is 30.3 Å². The average Bonchev–Trinajstić information content (AvgIpc) is 3.13. The van der Waals surface area contributed by atoms with E-state index in [0.29, 0.717) is 22.0 Å². The van der Waals surface area contributed by atoms with Crippen LogP contribution in [0.3, 0.4) is 0 Å². The van der Waals surface area contributed by atoms with Crippen molar-refractivity contribution in [3.8, 4) is 0 Å². The Kier molecular flexibility index (Phi) is 7.99. The minimum absolute atomic E-state index is 0.236. The van der Waals surface area contributed by atoms with Gasteiger partial charge in [-0.1, -0.05) is 25.1 Å². The molecule has 3 rings (SSSR count). The van der Waals surface area contributed by atoms with Gasteiger partial charge in [0.15, 0.2) is 6.61 Å². The summed E-state index contributed by atoms with van der Waals surface area (Å²) < 4.78 is 10.1. The van der Waals surface area contributed by atoms with Crippen molar-refractivity contribution in [1.82, 2.24) is 5.32 Å². The van der Waals surface area contributed by atoms with Gasteiger partial charge in [0, 0.05) is 10.4 Å². The van der Waals surface area contributed by atoms with Gasteiger partial charge in [0.1, 0.15) is 11.5 Å². The van der Waals surface area contributed by atoms with Crippen molar-refractivity contribution >= 4 is 40.1 Å². The van der Waals surface area contributed by atoms with Crippen molar-refractivity contribution in [2.24, 2.45) is 5.92 Å². The van der Waals surface area contributed by atoms with Gasteiger partial charge in [-0.3, -0.25) is 14.4 Å². The molecule has 1 aliphatic rings. The first-order valence-electron chi connectivity index (χ1n) is 10.5. The molecule has 1 aromatic heterocycles. The first-order chi connectivity index (χ1) is 15.4. The Morgan fingerprint density at radius 2 is 1.88 bits per heavy atom. The quantitative estimate of drug-likeness (QED) is 0.589. The first kappa shape index (κ1) is 23.5. The number of fused-ring (bicyclic) bond motifs is 1. The molecule has 170 valence electrons. The van der Waals surface area contributed by atoms with Crippen molar-refractivity contribution in [3.05, 3.63) is 51.9 Å². The minimum Gasteiger partial charge on any atom is -0.462 e. The van der Waals surface area contributed by atoms with E-state index in [-0.39, 0.29) is 13.2 Å². The fourth-order valence-electron chi connectivity index (χ4n) is 3.46. The van der Waals surface area contributed by atoms with Crippen LogP contribution in [0.2, 0.25) is 0 Å². The number of hydrogen-bond acceptors (Lipinski definition) is 7. The lowest BCUT2D eigenvalue weighted by Gasteiger charge is -2.18. The Morgan fingerprint density at radius 1 is 1.12 bits per heavy atom. The van der Waals surface area contributed by atoms with Gasteiger partial charge >= 0.3 is 11.9 Å². The SMILES string of the molecule is CCOC(=O)c1c(NC(=O)COC(=O)CNC(=O)c2ccccc2)sc2c1CC[C@H](C)C2. The maximum atomic E-state index is 12.5. The van der Waals surface area contributed by atoms with Crippen molar-refractivity contribution in [3.63, 3.8) is 0 Å². The predicted molar refractivity (Wildman–Crippen MR) is 120 cm³/mol. The summed E-state index contributed by atoms with van der Waals surface area (Å²) >= 11 is 1.36. The van der Waals surface area contributed by atoms with Crippen LogP contribution in [0.4, 0.5) is 5.00 Å². The van der Waals surface area contributed by atoms with Crippen LogP contribution < -0.4 is 10.6 Å². The summed E-state index contributed by atoms with van der Waals surface area (Å²) in [6.45, 7) is 3.23. The molecule has 0 bridgehead atoms. The van der Waals surface area contributed by atoms with Crippen LogP contribution in [0.5, 0.6) is 0 Å². The van der Waals surface area contributed by atoms with E-state index in [1.54, 1.807) is 37.3 Å². The Morgan fingerprint density at radius 3 is 2.59 bits per heavy atom. The predicted octanol–water partition coefficient (Wildman–Crippen LogP) is 2.96. The zero-order valence-electron chi connectivity index (χ0n) is 18.1. The number of amides is 2. The number of nitrogens with one attached hydrogen (secondary N) is 2. The first-order valence-corrected chi connectivity index (χ1v) is 11.3. The summed E-state index contributed by atoms with van der Waals surface area (Å²) in [5.74, 6) is -1.67. The molecule has 0 spiro atoms. The van der Waals surface area contributed by atoms with E-state index >= 15 is 0 Å². The Bertz CT molecular complexity index is 1000. The van der Waals surface area contributed by atoms with E-state index in [1.807, 2.05) is 0 Å². The number of carbonyl (C=O) groups is 4. The maximum Gasteiger partial charge on any atom is 0.341 e. The van der Waals surface area contributed by atoms with Crippen LogP contribution in [-0.2, 0) is 31.9 Å². The molecule has 1 heterocycles. The van der Waals surface area contributed by atoms with Crippen LogP contribution in [0.25, 0.3) is 0 Å². The molecular formula is C23H26N2O6S. The zero-order chi connectivity index (χ0) is 23.1. The fourth-order valence-corrected chi connectivity index (χ4v) is 4.88. The number of carbonyl (C=O) groups excluding carboxylic acids is 4. The highest BCUT2D eigenvalue weighted by Crippen LogP contribution is 2.40. The molecule has 8 nitrogen and oxygen atoms in total. The second-order valence-corrected chi connectivity index (χ2v) is 8.64. The van der Waals surface area contributed by atoms with E-state index in [0.717, 1.165) is 29.7 Å². The van der Waals surface area contributed by atoms with Crippen LogP contribution in [0, 0.1) is 5.92 Å². The molecule has 0 fully saturated rings. The third kappa shape index (κ3) is 5.94. The van der Waals surface area contributed by atoms with E-state index in [4.69, 9.17) is 9.47 Å². The zero-order valence-corrected chi connectivity index (χ0v) is 18.9. The van der Waals surface area contributed by atoms with Crippen molar-refractivity contribution in [1.29, 1.82) is 0 Å². The molecule has 0 aliphatic heterocycles. The molecule has 0 saturated heterocycles. The normalized spacial score (nSPS) is 14.8. The third-order valence-corrected chi connectivity index (χ3v) is 6.21. The summed E-state index contributed by atoms with van der Waals surface area (Å²) in [6.07, 6.45) is 2.57. The summed E-state index contributed by atoms with van der Waals surface area (Å²) in [4.78, 5) is 49.8. The van der Waals surface area contributed by atoms with E-state index in [1.165, 1.54) is 11.3 Å². The standard InChI is InChI=1S/C23H26N2O6S/c1-3-30-23(29)20-16-10-9-14(2)11-17(16)32-22(20)25-18(26)13-31-19(27)12-24-21(28)15-7-5-4-6-8-15/h4-8,14H,3,9-13H2,1-2H3,(H,24,28)(H,25,26)/t14-/m0/s1. The number of rotatable bonds is 8. The van der Waals surface area contributed by atoms with Gasteiger partial charge in [-0.15, -0.1) is 11.3 Å². The largest absolute Gasteiger partial charge is 0.462 e.